The van der Waals surface area contributed by atoms with Gasteiger partial charge in [-0.2, -0.15) is 0 Å². The van der Waals surface area contributed by atoms with Crippen molar-refractivity contribution in [3.63, 3.8) is 0 Å². The van der Waals surface area contributed by atoms with Crippen molar-refractivity contribution in [3.05, 3.63) is 17.3 Å². The fourth-order valence-electron chi connectivity index (χ4n) is 0.813. The molecular formula is C6H5N3. The van der Waals surface area contributed by atoms with Gasteiger partial charge in [-0.05, 0) is 6.08 Å². The fraction of sp³-hybridized carbons (Fsp3) is 0.167. The van der Waals surface area contributed by atoms with Crippen LogP contribution >= 0.6 is 0 Å². The zero-order chi connectivity index (χ0) is 6.10. The third kappa shape index (κ3) is 0.590. The van der Waals surface area contributed by atoms with Crippen LogP contribution in [-0.4, -0.2) is 18.6 Å². The van der Waals surface area contributed by atoms with Gasteiger partial charge in [0.2, 0.25) is 0 Å². The van der Waals surface area contributed by atoms with E-state index in [1.807, 2.05) is 6.08 Å². The van der Waals surface area contributed by atoms with Crippen LogP contribution in [0.15, 0.2) is 27.4 Å². The standard InChI is InChI=1S/C6H5N3/c1-2-7-3-5-4-8-9-6(1)5/h1-2,9H,3H2. The third-order valence-corrected chi connectivity index (χ3v) is 1.29. The number of nitrogens with one attached hydrogen (secondary N) is 1. The first-order valence-electron chi connectivity index (χ1n) is 2.75. The number of hydrazone groups is 1. The van der Waals surface area contributed by atoms with Crippen molar-refractivity contribution in [2.75, 3.05) is 6.54 Å². The van der Waals surface area contributed by atoms with Gasteiger partial charge in [0.25, 0.3) is 0 Å². The van der Waals surface area contributed by atoms with Gasteiger partial charge in [0.05, 0.1) is 17.8 Å². The van der Waals surface area contributed by atoms with E-state index in [0.29, 0.717) is 6.54 Å². The smallest absolute Gasteiger partial charge is 0.0749 e. The predicted octanol–water partition coefficient (Wildman–Crippen LogP) is 0.0690. The quantitative estimate of drug-likeness (QED) is 0.481. The molecule has 3 nitrogen and oxygen atoms in total. The zero-order valence-electron chi connectivity index (χ0n) is 4.76. The van der Waals surface area contributed by atoms with Gasteiger partial charge in [-0.25, -0.2) is 0 Å². The van der Waals surface area contributed by atoms with Gasteiger partial charge < -0.3 is 0 Å². The lowest BCUT2D eigenvalue weighted by atomic mass is 10.2. The summed E-state index contributed by atoms with van der Waals surface area (Å²) in [7, 11) is 0. The van der Waals surface area contributed by atoms with Gasteiger partial charge in [0, 0.05) is 12.1 Å². The van der Waals surface area contributed by atoms with Crippen LogP contribution in [0.2, 0.25) is 0 Å². The molecule has 2 aliphatic rings. The summed E-state index contributed by atoms with van der Waals surface area (Å²) < 4.78 is 0. The van der Waals surface area contributed by atoms with Crippen molar-refractivity contribution >= 4 is 12.1 Å². The molecule has 0 bridgehead atoms. The number of hydrogen-bond acceptors (Lipinski definition) is 3. The van der Waals surface area contributed by atoms with Crippen LogP contribution in [0.4, 0.5) is 0 Å². The highest BCUT2D eigenvalue weighted by Crippen LogP contribution is 2.09. The topological polar surface area (TPSA) is 36.8 Å². The molecule has 44 valence electrons. The molecule has 0 fully saturated rings. The van der Waals surface area contributed by atoms with E-state index in [2.05, 4.69) is 21.4 Å². The maximum atomic E-state index is 4.02. The van der Waals surface area contributed by atoms with Crippen molar-refractivity contribution in [1.29, 1.82) is 0 Å². The molecule has 3 heteroatoms. The molecule has 0 saturated carbocycles. The predicted molar refractivity (Wildman–Crippen MR) is 35.5 cm³/mol. The second-order valence-corrected chi connectivity index (χ2v) is 1.88. The van der Waals surface area contributed by atoms with Gasteiger partial charge in [0.1, 0.15) is 0 Å². The Bertz CT molecular complexity index is 253. The van der Waals surface area contributed by atoms with Gasteiger partial charge >= 0.3 is 0 Å². The normalized spacial score (nSPS) is 20.4. The van der Waals surface area contributed by atoms with Crippen molar-refractivity contribution in [2.45, 2.75) is 0 Å². The molecule has 0 amide bonds. The van der Waals surface area contributed by atoms with Crippen LogP contribution in [0.25, 0.3) is 0 Å². The van der Waals surface area contributed by atoms with Gasteiger partial charge in [0.15, 0.2) is 0 Å². The molecule has 0 saturated heterocycles. The number of rotatable bonds is 0. The molecule has 0 aromatic carbocycles. The first-order chi connectivity index (χ1) is 4.47. The number of fused-ring (bicyclic) bond motifs is 1. The molecule has 2 heterocycles. The molecule has 9 heavy (non-hydrogen) atoms. The maximum Gasteiger partial charge on any atom is 0.0749 e. The lowest BCUT2D eigenvalue weighted by molar-refractivity contribution is 0.921. The number of aliphatic imine (C=N–C) groups is 1. The Hall–Kier alpha value is -1.34. The largest absolute Gasteiger partial charge is 0.288 e. The number of allylic oxidation sites excluding steroid dienone is 1. The van der Waals surface area contributed by atoms with E-state index in [9.17, 15) is 0 Å². The first-order valence-corrected chi connectivity index (χ1v) is 2.75. The Kier molecular flexibility index (Phi) is 0.790. The van der Waals surface area contributed by atoms with Crippen LogP contribution in [0.1, 0.15) is 0 Å². The van der Waals surface area contributed by atoms with Crippen molar-refractivity contribution in [2.24, 2.45) is 10.1 Å². The fourth-order valence-corrected chi connectivity index (χ4v) is 0.813. The summed E-state index contributed by atoms with van der Waals surface area (Å²) in [5.74, 6) is 2.81. The summed E-state index contributed by atoms with van der Waals surface area (Å²) in [4.78, 5) is 4.02. The lowest BCUT2D eigenvalue weighted by Gasteiger charge is -2.02. The van der Waals surface area contributed by atoms with Crippen molar-refractivity contribution < 1.29 is 0 Å². The van der Waals surface area contributed by atoms with Crippen LogP contribution < -0.4 is 5.43 Å². The van der Waals surface area contributed by atoms with Crippen LogP contribution in [0.5, 0.6) is 0 Å². The average Bonchev–Trinajstić information content (AvgIpc) is 2.33. The van der Waals surface area contributed by atoms with Gasteiger partial charge in [-0.15, -0.1) is 5.10 Å². The number of dihydropyridines is 1. The Morgan fingerprint density at radius 3 is 3.56 bits per heavy atom. The number of hydrogen-bond donors (Lipinski definition) is 1. The summed E-state index contributed by atoms with van der Waals surface area (Å²) in [6.45, 7) is 0.711. The summed E-state index contributed by atoms with van der Waals surface area (Å²) >= 11 is 0. The molecule has 0 atom stereocenters. The molecule has 0 unspecified atom stereocenters. The van der Waals surface area contributed by atoms with E-state index in [-0.39, 0.29) is 0 Å². The summed E-state index contributed by atoms with van der Waals surface area (Å²) in [6, 6.07) is 0. The van der Waals surface area contributed by atoms with Crippen LogP contribution in [-0.2, 0) is 0 Å². The summed E-state index contributed by atoms with van der Waals surface area (Å²) in [6.07, 6.45) is 3.66. The number of nitrogens with zero attached hydrogens (tertiary/aromatic N) is 2. The second-order valence-electron chi connectivity index (χ2n) is 1.88. The molecule has 2 rings (SSSR count). The Balaban J connectivity index is 2.46. The molecule has 2 aliphatic heterocycles. The highest BCUT2D eigenvalue weighted by Gasteiger charge is 2.09. The third-order valence-electron chi connectivity index (χ3n) is 1.29. The zero-order valence-corrected chi connectivity index (χ0v) is 4.76. The van der Waals surface area contributed by atoms with Crippen molar-refractivity contribution in [3.8, 4) is 0 Å². The minimum absolute atomic E-state index is 0.711. The molecule has 0 spiro atoms. The first kappa shape index (κ1) is 4.53. The lowest BCUT2D eigenvalue weighted by Crippen LogP contribution is -2.06. The Morgan fingerprint density at radius 2 is 2.67 bits per heavy atom. The Morgan fingerprint density at radius 1 is 1.67 bits per heavy atom. The second kappa shape index (κ2) is 1.57. The van der Waals surface area contributed by atoms with E-state index in [4.69, 9.17) is 0 Å². The minimum atomic E-state index is 0.711. The van der Waals surface area contributed by atoms with E-state index >= 15 is 0 Å². The summed E-state index contributed by atoms with van der Waals surface area (Å²) in [5, 5.41) is 3.74. The van der Waals surface area contributed by atoms with Crippen LogP contribution in [0, 0.1) is 0 Å². The maximum absolute atomic E-state index is 4.02. The summed E-state index contributed by atoms with van der Waals surface area (Å²) in [5.41, 5.74) is 4.89. The molecule has 0 aromatic heterocycles. The van der Waals surface area contributed by atoms with Gasteiger partial charge in [-0.1, -0.05) is 0 Å². The molecular weight excluding hydrogens is 114 g/mol. The molecule has 0 aromatic rings. The van der Waals surface area contributed by atoms with E-state index in [1.54, 1.807) is 6.21 Å². The molecule has 1 N–H and O–H groups in total. The minimum Gasteiger partial charge on any atom is -0.288 e. The molecule has 0 radical (unpaired) electrons. The van der Waals surface area contributed by atoms with E-state index in [0.717, 1.165) is 11.3 Å². The van der Waals surface area contributed by atoms with Crippen molar-refractivity contribution in [1.82, 2.24) is 5.43 Å². The van der Waals surface area contributed by atoms with Gasteiger partial charge in [-0.3, -0.25) is 10.4 Å². The highest BCUT2D eigenvalue weighted by molar-refractivity contribution is 5.81. The average molecular weight is 119 g/mol. The monoisotopic (exact) mass is 119 g/mol. The Labute approximate surface area is 52.5 Å². The SMILES string of the molecule is C1=NNC2=CC=NCC=12. The highest BCUT2D eigenvalue weighted by atomic mass is 15.3. The molecule has 0 aliphatic carbocycles. The van der Waals surface area contributed by atoms with E-state index in [1.165, 1.54) is 0 Å². The van der Waals surface area contributed by atoms with Crippen LogP contribution in [0.3, 0.4) is 0 Å². The van der Waals surface area contributed by atoms with E-state index < -0.39 is 0 Å².